The number of ether oxygens (including phenoxy) is 1. The van der Waals surface area contributed by atoms with Crippen LogP contribution in [0.2, 0.25) is 0 Å². The Kier molecular flexibility index (Phi) is 10.2. The molecule has 1 aliphatic carbocycles. The van der Waals surface area contributed by atoms with Crippen LogP contribution < -0.4 is 16.0 Å². The Hall–Kier alpha value is -1.37. The number of aromatic nitrogens is 2. The molecule has 0 spiro atoms. The van der Waals surface area contributed by atoms with Crippen molar-refractivity contribution in [2.45, 2.75) is 31.9 Å². The van der Waals surface area contributed by atoms with E-state index in [9.17, 15) is 13.2 Å². The highest BCUT2D eigenvalue weighted by atomic mass is 127. The lowest BCUT2D eigenvalue weighted by Gasteiger charge is -2.42. The first kappa shape index (κ1) is 24.7. The van der Waals surface area contributed by atoms with Gasteiger partial charge in [0.25, 0.3) is 0 Å². The molecule has 3 N–H and O–H groups in total. The average Bonchev–Trinajstić information content (AvgIpc) is 2.61. The molecule has 11 heteroatoms. The number of hydrogen-bond donors (Lipinski definition) is 3. The maximum Gasteiger partial charge on any atom is 0.433 e. The second-order valence-electron chi connectivity index (χ2n) is 6.64. The first-order valence-corrected chi connectivity index (χ1v) is 8.96. The highest BCUT2D eigenvalue weighted by Gasteiger charge is 2.36. The van der Waals surface area contributed by atoms with Crippen LogP contribution in [-0.2, 0) is 10.9 Å². The molecule has 0 aromatic carbocycles. The Morgan fingerprint density at radius 2 is 2.04 bits per heavy atom. The van der Waals surface area contributed by atoms with E-state index < -0.39 is 11.9 Å². The van der Waals surface area contributed by atoms with Crippen LogP contribution in [0.25, 0.3) is 0 Å². The molecule has 1 aromatic rings. The summed E-state index contributed by atoms with van der Waals surface area (Å²) in [5.41, 5.74) is -0.704. The van der Waals surface area contributed by atoms with Crippen molar-refractivity contribution in [2.24, 2.45) is 10.4 Å². The van der Waals surface area contributed by atoms with Gasteiger partial charge in [0, 0.05) is 46.6 Å². The number of nitrogens with one attached hydrogen (secondary N) is 3. The van der Waals surface area contributed by atoms with E-state index in [-0.39, 0.29) is 35.3 Å². The van der Waals surface area contributed by atoms with Crippen LogP contribution in [0.15, 0.2) is 17.3 Å². The van der Waals surface area contributed by atoms with Crippen molar-refractivity contribution in [3.63, 3.8) is 0 Å². The van der Waals surface area contributed by atoms with Gasteiger partial charge < -0.3 is 20.7 Å². The SMILES string of the molecule is CN=C(NCCNc1nccc(C(F)(F)F)n1)NCC1(CCOC)CCC1.I. The Balaban J connectivity index is 0.00000392. The van der Waals surface area contributed by atoms with Crippen LogP contribution in [-0.4, -0.2) is 56.3 Å². The van der Waals surface area contributed by atoms with Gasteiger partial charge in [-0.15, -0.1) is 24.0 Å². The maximum atomic E-state index is 12.6. The molecule has 0 bridgehead atoms. The molecule has 0 radical (unpaired) electrons. The molecular formula is C17H28F3IN6O. The molecule has 160 valence electrons. The summed E-state index contributed by atoms with van der Waals surface area (Å²) in [6, 6.07) is 0.842. The number of halogens is 4. The van der Waals surface area contributed by atoms with E-state index in [0.717, 1.165) is 31.8 Å². The van der Waals surface area contributed by atoms with Crippen LogP contribution in [0.3, 0.4) is 0 Å². The van der Waals surface area contributed by atoms with Crippen LogP contribution in [0.4, 0.5) is 19.1 Å². The molecule has 1 saturated carbocycles. The van der Waals surface area contributed by atoms with Crippen molar-refractivity contribution in [1.82, 2.24) is 20.6 Å². The third kappa shape index (κ3) is 7.57. The fourth-order valence-corrected chi connectivity index (χ4v) is 2.96. The zero-order valence-electron chi connectivity index (χ0n) is 16.1. The summed E-state index contributed by atoms with van der Waals surface area (Å²) >= 11 is 0. The summed E-state index contributed by atoms with van der Waals surface area (Å²) in [5, 5.41) is 9.23. The largest absolute Gasteiger partial charge is 0.433 e. The van der Waals surface area contributed by atoms with Crippen molar-refractivity contribution in [3.05, 3.63) is 18.0 Å². The first-order chi connectivity index (χ1) is 12.9. The van der Waals surface area contributed by atoms with Gasteiger partial charge in [0.2, 0.25) is 5.95 Å². The molecule has 28 heavy (non-hydrogen) atoms. The predicted molar refractivity (Wildman–Crippen MR) is 113 cm³/mol. The van der Waals surface area contributed by atoms with Gasteiger partial charge in [0.1, 0.15) is 5.69 Å². The van der Waals surface area contributed by atoms with Crippen molar-refractivity contribution in [1.29, 1.82) is 0 Å². The van der Waals surface area contributed by atoms with E-state index in [1.807, 2.05) is 0 Å². The second kappa shape index (κ2) is 11.6. The summed E-state index contributed by atoms with van der Waals surface area (Å²) in [6.45, 7) is 2.38. The topological polar surface area (TPSA) is 83.5 Å². The van der Waals surface area contributed by atoms with Crippen molar-refractivity contribution in [2.75, 3.05) is 45.7 Å². The van der Waals surface area contributed by atoms with Crippen molar-refractivity contribution >= 4 is 35.9 Å². The van der Waals surface area contributed by atoms with Gasteiger partial charge in [0.15, 0.2) is 5.96 Å². The second-order valence-corrected chi connectivity index (χ2v) is 6.64. The smallest absolute Gasteiger partial charge is 0.385 e. The number of hydrogen-bond acceptors (Lipinski definition) is 5. The average molecular weight is 516 g/mol. The van der Waals surface area contributed by atoms with Gasteiger partial charge in [-0.1, -0.05) is 6.42 Å². The Morgan fingerprint density at radius 3 is 2.61 bits per heavy atom. The highest BCUT2D eigenvalue weighted by molar-refractivity contribution is 14.0. The monoisotopic (exact) mass is 516 g/mol. The minimum absolute atomic E-state index is 0. The van der Waals surface area contributed by atoms with Crippen LogP contribution in [0, 0.1) is 5.41 Å². The molecule has 7 nitrogen and oxygen atoms in total. The number of aliphatic imine (C=N–C) groups is 1. The summed E-state index contributed by atoms with van der Waals surface area (Å²) < 4.78 is 43.1. The number of alkyl halides is 3. The zero-order chi connectivity index (χ0) is 19.8. The quantitative estimate of drug-likeness (QED) is 0.203. The molecule has 1 fully saturated rings. The number of anilines is 1. The Bertz CT molecular complexity index is 625. The number of nitrogens with zero attached hydrogens (tertiary/aromatic N) is 3. The van der Waals surface area contributed by atoms with E-state index in [4.69, 9.17) is 4.74 Å². The van der Waals surface area contributed by atoms with E-state index in [2.05, 4.69) is 30.9 Å². The number of guanidine groups is 1. The first-order valence-electron chi connectivity index (χ1n) is 8.96. The minimum atomic E-state index is -4.48. The van der Waals surface area contributed by atoms with Crippen LogP contribution in [0.1, 0.15) is 31.4 Å². The molecule has 0 aliphatic heterocycles. The van der Waals surface area contributed by atoms with E-state index in [0.29, 0.717) is 19.0 Å². The standard InChI is InChI=1S/C17H27F3N6O.HI/c1-21-14(25-12-16(5-3-6-16)7-11-27-2)23-9-10-24-15-22-8-4-13(26-15)17(18,19)20;/h4,8H,3,5-7,9-12H2,1-2H3,(H2,21,23,25)(H,22,24,26);1H. The molecule has 0 amide bonds. The van der Waals surface area contributed by atoms with E-state index >= 15 is 0 Å². The highest BCUT2D eigenvalue weighted by Crippen LogP contribution is 2.43. The number of rotatable bonds is 9. The molecule has 1 heterocycles. The van der Waals surface area contributed by atoms with E-state index in [1.54, 1.807) is 14.2 Å². The lowest BCUT2D eigenvalue weighted by Crippen LogP contribution is -2.47. The van der Waals surface area contributed by atoms with Gasteiger partial charge in [-0.25, -0.2) is 9.97 Å². The minimum Gasteiger partial charge on any atom is -0.385 e. The predicted octanol–water partition coefficient (Wildman–Crippen LogP) is 2.90. The molecule has 0 unspecified atom stereocenters. The van der Waals surface area contributed by atoms with Crippen LogP contribution in [0.5, 0.6) is 0 Å². The summed E-state index contributed by atoms with van der Waals surface area (Å²) in [4.78, 5) is 11.4. The van der Waals surface area contributed by atoms with Gasteiger partial charge in [-0.2, -0.15) is 13.2 Å². The molecule has 0 atom stereocenters. The third-order valence-corrected chi connectivity index (χ3v) is 4.75. The molecule has 1 aliphatic rings. The molecule has 2 rings (SSSR count). The Morgan fingerprint density at radius 1 is 1.29 bits per heavy atom. The molecular weight excluding hydrogens is 488 g/mol. The van der Waals surface area contributed by atoms with Gasteiger partial charge in [-0.3, -0.25) is 4.99 Å². The zero-order valence-corrected chi connectivity index (χ0v) is 18.4. The summed E-state index contributed by atoms with van der Waals surface area (Å²) in [7, 11) is 3.39. The van der Waals surface area contributed by atoms with Gasteiger partial charge in [-0.05, 0) is 30.7 Å². The fraction of sp³-hybridized carbons (Fsp3) is 0.706. The van der Waals surface area contributed by atoms with E-state index in [1.165, 1.54) is 19.3 Å². The van der Waals surface area contributed by atoms with Crippen molar-refractivity contribution in [3.8, 4) is 0 Å². The normalized spacial score (nSPS) is 16.0. The third-order valence-electron chi connectivity index (χ3n) is 4.75. The van der Waals surface area contributed by atoms with Gasteiger partial charge >= 0.3 is 6.18 Å². The summed E-state index contributed by atoms with van der Waals surface area (Å²) in [5.74, 6) is 0.605. The lowest BCUT2D eigenvalue weighted by atomic mass is 9.67. The summed E-state index contributed by atoms with van der Waals surface area (Å²) in [6.07, 6.45) is 1.21. The van der Waals surface area contributed by atoms with Crippen molar-refractivity contribution < 1.29 is 17.9 Å². The fourth-order valence-electron chi connectivity index (χ4n) is 2.96. The van der Waals surface area contributed by atoms with Gasteiger partial charge in [0.05, 0.1) is 0 Å². The molecule has 0 saturated heterocycles. The maximum absolute atomic E-state index is 12.6. The van der Waals surface area contributed by atoms with Crippen LogP contribution >= 0.6 is 24.0 Å². The number of methoxy groups -OCH3 is 1. The molecule has 1 aromatic heterocycles. The lowest BCUT2D eigenvalue weighted by molar-refractivity contribution is -0.141. The Labute approximate surface area is 180 Å².